The number of urea groups is 1. The molecule has 1 N–H and O–H groups in total. The molecule has 8 nitrogen and oxygen atoms in total. The van der Waals surface area contributed by atoms with Gasteiger partial charge in [-0.1, -0.05) is 12.1 Å². The maximum absolute atomic E-state index is 12.1. The number of aromatic nitrogens is 2. The molecule has 0 spiro atoms. The Morgan fingerprint density at radius 2 is 2.07 bits per heavy atom. The maximum Gasteiger partial charge on any atom is 0.319 e. The number of aryl methyl sites for hydroxylation is 1. The van der Waals surface area contributed by atoms with E-state index in [1.54, 1.807) is 23.9 Å². The Morgan fingerprint density at radius 3 is 2.81 bits per heavy atom. The van der Waals surface area contributed by atoms with Crippen LogP contribution in [0.2, 0.25) is 0 Å². The summed E-state index contributed by atoms with van der Waals surface area (Å²) < 4.78 is 7.39. The number of hydrogen-bond acceptors (Lipinski definition) is 4. The number of nitrogens with zero attached hydrogens (tertiary/aromatic N) is 4. The highest BCUT2D eigenvalue weighted by atomic mass is 16.5. The van der Waals surface area contributed by atoms with Crippen LogP contribution in [0.5, 0.6) is 5.75 Å². The molecule has 0 aliphatic carbocycles. The van der Waals surface area contributed by atoms with Crippen molar-refractivity contribution in [3.63, 3.8) is 0 Å². The lowest BCUT2D eigenvalue weighted by atomic mass is 10.2. The summed E-state index contributed by atoms with van der Waals surface area (Å²) in [5.41, 5.74) is 2.82. The summed E-state index contributed by atoms with van der Waals surface area (Å²) in [5.74, 6) is 0.472. The molecule has 0 saturated heterocycles. The third-order valence-electron chi connectivity index (χ3n) is 4.33. The molecule has 0 radical (unpaired) electrons. The summed E-state index contributed by atoms with van der Waals surface area (Å²) in [6, 6.07) is 9.49. The largest absolute Gasteiger partial charge is 0.484 e. The summed E-state index contributed by atoms with van der Waals surface area (Å²) in [4.78, 5) is 27.5. The lowest BCUT2D eigenvalue weighted by Crippen LogP contribution is -2.43. The number of hydrogen-bond donors (Lipinski definition) is 1. The lowest BCUT2D eigenvalue weighted by Gasteiger charge is -2.29. The first-order valence-electron chi connectivity index (χ1n) is 8.90. The van der Waals surface area contributed by atoms with Crippen LogP contribution in [0.3, 0.4) is 0 Å². The molecule has 1 aromatic carbocycles. The van der Waals surface area contributed by atoms with Crippen LogP contribution < -0.4 is 10.1 Å². The van der Waals surface area contributed by atoms with Gasteiger partial charge in [0.05, 0.1) is 31.0 Å². The van der Waals surface area contributed by atoms with E-state index in [1.807, 2.05) is 41.9 Å². The van der Waals surface area contributed by atoms with Gasteiger partial charge in [-0.15, -0.1) is 0 Å². The topological polar surface area (TPSA) is 79.7 Å². The van der Waals surface area contributed by atoms with E-state index in [0.717, 1.165) is 17.0 Å². The molecule has 1 aliphatic heterocycles. The van der Waals surface area contributed by atoms with E-state index in [0.29, 0.717) is 31.9 Å². The zero-order chi connectivity index (χ0) is 19.4. The molecule has 0 fully saturated rings. The second-order valence-electron chi connectivity index (χ2n) is 6.83. The van der Waals surface area contributed by atoms with E-state index < -0.39 is 0 Å². The fourth-order valence-corrected chi connectivity index (χ4v) is 2.95. The van der Waals surface area contributed by atoms with Gasteiger partial charge in [0, 0.05) is 20.6 Å². The van der Waals surface area contributed by atoms with Crippen LogP contribution >= 0.6 is 0 Å². The number of nitrogens with one attached hydrogen (secondary N) is 1. The Hall–Kier alpha value is -3.03. The number of fused-ring (bicyclic) bond motifs is 1. The molecule has 0 bridgehead atoms. The lowest BCUT2D eigenvalue weighted by molar-refractivity contribution is -0.123. The molecule has 8 heteroatoms. The van der Waals surface area contributed by atoms with Crippen LogP contribution in [-0.4, -0.2) is 58.8 Å². The molecule has 1 aliphatic rings. The quantitative estimate of drug-likeness (QED) is 0.861. The number of benzene rings is 1. The molecular weight excluding hydrogens is 346 g/mol. The highest BCUT2D eigenvalue weighted by Crippen LogP contribution is 2.15. The van der Waals surface area contributed by atoms with Crippen LogP contribution in [-0.2, 0) is 24.4 Å². The molecule has 3 rings (SSSR count). The monoisotopic (exact) mass is 371 g/mol. The predicted octanol–water partition coefficient (Wildman–Crippen LogP) is 1.38. The molecule has 144 valence electrons. The number of carbonyl (C=O) groups excluding carboxylic acids is 2. The minimum Gasteiger partial charge on any atom is -0.484 e. The molecule has 0 saturated carbocycles. The van der Waals surface area contributed by atoms with Crippen molar-refractivity contribution in [3.8, 4) is 5.75 Å². The third-order valence-corrected chi connectivity index (χ3v) is 4.33. The van der Waals surface area contributed by atoms with Crippen molar-refractivity contribution in [1.29, 1.82) is 0 Å². The first kappa shape index (κ1) is 18.8. The van der Waals surface area contributed by atoms with Crippen LogP contribution in [0.15, 0.2) is 30.3 Å². The van der Waals surface area contributed by atoms with Crippen molar-refractivity contribution in [2.45, 2.75) is 26.6 Å². The van der Waals surface area contributed by atoms with Crippen molar-refractivity contribution >= 4 is 11.9 Å². The molecule has 2 aromatic rings. The average molecular weight is 371 g/mol. The smallest absolute Gasteiger partial charge is 0.319 e. The Balaban J connectivity index is 1.49. The van der Waals surface area contributed by atoms with E-state index >= 15 is 0 Å². The first-order chi connectivity index (χ1) is 12.9. The molecular formula is C19H25N5O3. The number of rotatable bonds is 5. The minimum atomic E-state index is -0.202. The Morgan fingerprint density at radius 1 is 1.26 bits per heavy atom. The normalized spacial score (nSPS) is 13.1. The van der Waals surface area contributed by atoms with Crippen LogP contribution in [0.25, 0.3) is 0 Å². The van der Waals surface area contributed by atoms with E-state index in [9.17, 15) is 9.59 Å². The van der Waals surface area contributed by atoms with Gasteiger partial charge in [-0.3, -0.25) is 9.48 Å². The first-order valence-corrected chi connectivity index (χ1v) is 8.90. The summed E-state index contributed by atoms with van der Waals surface area (Å²) in [6.45, 7) is 4.07. The van der Waals surface area contributed by atoms with Gasteiger partial charge in [0.15, 0.2) is 6.61 Å². The van der Waals surface area contributed by atoms with Crippen molar-refractivity contribution in [2.75, 3.05) is 27.2 Å². The van der Waals surface area contributed by atoms with Gasteiger partial charge in [0.25, 0.3) is 5.91 Å². The van der Waals surface area contributed by atoms with Crippen molar-refractivity contribution < 1.29 is 14.3 Å². The van der Waals surface area contributed by atoms with Gasteiger partial charge in [0.2, 0.25) is 0 Å². The molecule has 0 unspecified atom stereocenters. The van der Waals surface area contributed by atoms with Crippen molar-refractivity contribution in [3.05, 3.63) is 47.3 Å². The second kappa shape index (κ2) is 8.11. The van der Waals surface area contributed by atoms with Crippen molar-refractivity contribution in [2.24, 2.45) is 0 Å². The van der Waals surface area contributed by atoms with Gasteiger partial charge in [-0.2, -0.15) is 5.10 Å². The third kappa shape index (κ3) is 4.78. The highest BCUT2D eigenvalue weighted by molar-refractivity contribution is 5.77. The number of amides is 3. The van der Waals surface area contributed by atoms with Gasteiger partial charge < -0.3 is 19.9 Å². The fraction of sp³-hybridized carbons (Fsp3) is 0.421. The van der Waals surface area contributed by atoms with Gasteiger partial charge in [0.1, 0.15) is 5.75 Å². The SMILES string of the molecule is Cc1cccc(OCC(=O)NCc2cc3n(n2)CCN(C(=O)N(C)C)C3)c1. The van der Waals surface area contributed by atoms with E-state index in [4.69, 9.17) is 4.74 Å². The van der Waals surface area contributed by atoms with E-state index in [1.165, 1.54) is 0 Å². The summed E-state index contributed by atoms with van der Waals surface area (Å²) in [7, 11) is 3.49. The molecule has 2 heterocycles. The molecule has 1 aromatic heterocycles. The maximum atomic E-state index is 12.1. The van der Waals surface area contributed by atoms with Crippen LogP contribution in [0.4, 0.5) is 4.79 Å². The summed E-state index contributed by atoms with van der Waals surface area (Å²) in [6.07, 6.45) is 0. The average Bonchev–Trinajstić information content (AvgIpc) is 3.06. The van der Waals surface area contributed by atoms with Crippen LogP contribution in [0.1, 0.15) is 17.0 Å². The Bertz CT molecular complexity index is 831. The van der Waals surface area contributed by atoms with Gasteiger partial charge in [-0.05, 0) is 30.7 Å². The van der Waals surface area contributed by atoms with Gasteiger partial charge in [-0.25, -0.2) is 4.79 Å². The standard InChI is InChI=1S/C19H25N5O3/c1-14-5-4-6-17(9-14)27-13-18(25)20-11-15-10-16-12-23(19(26)22(2)3)7-8-24(16)21-15/h4-6,9-10H,7-8,11-13H2,1-3H3,(H,20,25). The predicted molar refractivity (Wildman–Crippen MR) is 100 cm³/mol. The second-order valence-corrected chi connectivity index (χ2v) is 6.83. The van der Waals surface area contributed by atoms with E-state index in [-0.39, 0.29) is 18.5 Å². The Kier molecular flexibility index (Phi) is 5.63. The minimum absolute atomic E-state index is 0.00870. The zero-order valence-corrected chi connectivity index (χ0v) is 15.9. The molecule has 3 amide bonds. The van der Waals surface area contributed by atoms with Crippen LogP contribution in [0, 0.1) is 6.92 Å². The van der Waals surface area contributed by atoms with Gasteiger partial charge >= 0.3 is 6.03 Å². The number of carbonyl (C=O) groups is 2. The van der Waals surface area contributed by atoms with E-state index in [2.05, 4.69) is 10.4 Å². The number of ether oxygens (including phenoxy) is 1. The Labute approximate surface area is 158 Å². The summed E-state index contributed by atoms with van der Waals surface area (Å²) >= 11 is 0. The summed E-state index contributed by atoms with van der Waals surface area (Å²) in [5, 5.41) is 7.32. The molecule has 27 heavy (non-hydrogen) atoms. The molecule has 0 atom stereocenters. The van der Waals surface area contributed by atoms with Crippen molar-refractivity contribution in [1.82, 2.24) is 24.9 Å². The highest BCUT2D eigenvalue weighted by Gasteiger charge is 2.23. The zero-order valence-electron chi connectivity index (χ0n) is 15.9. The fourth-order valence-electron chi connectivity index (χ4n) is 2.95.